The summed E-state index contributed by atoms with van der Waals surface area (Å²) in [6.07, 6.45) is 1.53. The summed E-state index contributed by atoms with van der Waals surface area (Å²) in [5, 5.41) is 0. The maximum atomic E-state index is 11.6. The fourth-order valence-electron chi connectivity index (χ4n) is 2.01. The van der Waals surface area contributed by atoms with Gasteiger partial charge in [-0.15, -0.1) is 0 Å². The molecule has 2 heteroatoms. The minimum Gasteiger partial charge on any atom is -0.315 e. The molecule has 0 spiro atoms. The molecule has 94 valence electrons. The van der Waals surface area contributed by atoms with Crippen molar-refractivity contribution >= 4 is 11.6 Å². The number of fused-ring (bicyclic) bond motifs is 1. The van der Waals surface area contributed by atoms with E-state index in [1.54, 1.807) is 4.90 Å². The standard InChI is InChI=1S/C13H17NO.C2H6/c1-9(2)11-5-4-10-6-7-13(15)14(3)12(10)8-11;1-2/h4-5,8-9H,6-7H2,1-3H3;1-2H3. The number of rotatable bonds is 1. The van der Waals surface area contributed by atoms with Gasteiger partial charge in [-0.25, -0.2) is 0 Å². The molecule has 0 fully saturated rings. The minimum absolute atomic E-state index is 0.225. The lowest BCUT2D eigenvalue weighted by Gasteiger charge is -2.26. The van der Waals surface area contributed by atoms with E-state index in [0.717, 1.165) is 12.1 Å². The van der Waals surface area contributed by atoms with E-state index < -0.39 is 0 Å². The summed E-state index contributed by atoms with van der Waals surface area (Å²) in [6.45, 7) is 8.35. The van der Waals surface area contributed by atoms with Crippen molar-refractivity contribution in [3.8, 4) is 0 Å². The zero-order chi connectivity index (χ0) is 13.0. The lowest BCUT2D eigenvalue weighted by atomic mass is 9.95. The fraction of sp³-hybridized carbons (Fsp3) is 0.533. The van der Waals surface area contributed by atoms with E-state index >= 15 is 0 Å². The average Bonchev–Trinajstić information content (AvgIpc) is 2.36. The minimum atomic E-state index is 0.225. The van der Waals surface area contributed by atoms with Crippen LogP contribution in [0.5, 0.6) is 0 Å². The van der Waals surface area contributed by atoms with Crippen molar-refractivity contribution in [1.29, 1.82) is 0 Å². The highest BCUT2D eigenvalue weighted by atomic mass is 16.2. The van der Waals surface area contributed by atoms with Gasteiger partial charge in [0.25, 0.3) is 0 Å². The van der Waals surface area contributed by atoms with E-state index in [2.05, 4.69) is 32.0 Å². The van der Waals surface area contributed by atoms with Gasteiger partial charge in [-0.1, -0.05) is 39.8 Å². The number of hydrogen-bond donors (Lipinski definition) is 0. The topological polar surface area (TPSA) is 20.3 Å². The average molecular weight is 233 g/mol. The van der Waals surface area contributed by atoms with E-state index in [1.165, 1.54) is 11.1 Å². The molecule has 0 aliphatic carbocycles. The normalized spacial score (nSPS) is 14.2. The Morgan fingerprint density at radius 1 is 1.18 bits per heavy atom. The van der Waals surface area contributed by atoms with Gasteiger partial charge in [0, 0.05) is 19.2 Å². The van der Waals surface area contributed by atoms with Crippen LogP contribution in [-0.2, 0) is 11.2 Å². The third-order valence-corrected chi connectivity index (χ3v) is 3.12. The molecule has 1 aliphatic heterocycles. The van der Waals surface area contributed by atoms with Crippen molar-refractivity contribution in [3.05, 3.63) is 29.3 Å². The monoisotopic (exact) mass is 233 g/mol. The molecule has 0 atom stereocenters. The maximum absolute atomic E-state index is 11.6. The molecule has 0 bridgehead atoms. The van der Waals surface area contributed by atoms with Gasteiger partial charge in [-0.2, -0.15) is 0 Å². The molecular formula is C15H23NO. The van der Waals surface area contributed by atoms with Gasteiger partial charge in [0.05, 0.1) is 0 Å². The molecule has 17 heavy (non-hydrogen) atoms. The second-order valence-corrected chi connectivity index (χ2v) is 4.50. The first-order valence-corrected chi connectivity index (χ1v) is 6.49. The molecular weight excluding hydrogens is 210 g/mol. The predicted octanol–water partition coefficient (Wildman–Crippen LogP) is 3.75. The van der Waals surface area contributed by atoms with Gasteiger partial charge in [0.2, 0.25) is 5.91 Å². The third kappa shape index (κ3) is 2.87. The SMILES string of the molecule is CC.CC(C)c1ccc2c(c1)N(C)C(=O)CC2. The molecule has 2 rings (SSSR count). The molecule has 1 aromatic carbocycles. The van der Waals surface area contributed by atoms with Gasteiger partial charge < -0.3 is 4.90 Å². The number of hydrogen-bond acceptors (Lipinski definition) is 1. The summed E-state index contributed by atoms with van der Waals surface area (Å²) in [5.74, 6) is 0.740. The summed E-state index contributed by atoms with van der Waals surface area (Å²) in [7, 11) is 1.87. The summed E-state index contributed by atoms with van der Waals surface area (Å²) < 4.78 is 0. The van der Waals surface area contributed by atoms with Crippen LogP contribution in [0, 0.1) is 0 Å². The second kappa shape index (κ2) is 5.85. The van der Waals surface area contributed by atoms with E-state index in [1.807, 2.05) is 20.9 Å². The van der Waals surface area contributed by atoms with Crippen LogP contribution in [0.2, 0.25) is 0 Å². The Bertz CT molecular complexity index is 396. The number of carbonyl (C=O) groups excluding carboxylic acids is 1. The molecule has 0 aromatic heterocycles. The number of anilines is 1. The van der Waals surface area contributed by atoms with E-state index in [9.17, 15) is 4.79 Å². The zero-order valence-corrected chi connectivity index (χ0v) is 11.6. The van der Waals surface area contributed by atoms with Crippen LogP contribution < -0.4 is 4.90 Å². The first kappa shape index (κ1) is 13.8. The predicted molar refractivity (Wildman–Crippen MR) is 73.6 cm³/mol. The zero-order valence-electron chi connectivity index (χ0n) is 11.6. The second-order valence-electron chi connectivity index (χ2n) is 4.50. The summed E-state index contributed by atoms with van der Waals surface area (Å²) >= 11 is 0. The number of aryl methyl sites for hydroxylation is 1. The van der Waals surface area contributed by atoms with E-state index in [-0.39, 0.29) is 5.91 Å². The Labute approximate surface area is 105 Å². The van der Waals surface area contributed by atoms with Gasteiger partial charge >= 0.3 is 0 Å². The molecule has 1 aromatic rings. The lowest BCUT2D eigenvalue weighted by Crippen LogP contribution is -2.31. The first-order chi connectivity index (χ1) is 8.09. The van der Waals surface area contributed by atoms with Crippen molar-refractivity contribution in [1.82, 2.24) is 0 Å². The quantitative estimate of drug-likeness (QED) is 0.723. The van der Waals surface area contributed by atoms with Gasteiger partial charge in [-0.05, 0) is 29.5 Å². The van der Waals surface area contributed by atoms with Gasteiger partial charge in [0.15, 0.2) is 0 Å². The highest BCUT2D eigenvalue weighted by Crippen LogP contribution is 2.29. The first-order valence-electron chi connectivity index (χ1n) is 6.49. The number of nitrogens with zero attached hydrogens (tertiary/aromatic N) is 1. The molecule has 0 radical (unpaired) electrons. The van der Waals surface area contributed by atoms with Crippen LogP contribution in [0.25, 0.3) is 0 Å². The smallest absolute Gasteiger partial charge is 0.227 e. The summed E-state index contributed by atoms with van der Waals surface area (Å²) in [5.41, 5.74) is 3.69. The Morgan fingerprint density at radius 3 is 2.41 bits per heavy atom. The lowest BCUT2D eigenvalue weighted by molar-refractivity contribution is -0.118. The highest BCUT2D eigenvalue weighted by Gasteiger charge is 2.20. The van der Waals surface area contributed by atoms with Crippen molar-refractivity contribution in [2.75, 3.05) is 11.9 Å². The van der Waals surface area contributed by atoms with Crippen LogP contribution >= 0.6 is 0 Å². The fourth-order valence-corrected chi connectivity index (χ4v) is 2.01. The highest BCUT2D eigenvalue weighted by molar-refractivity contribution is 5.95. The molecule has 1 heterocycles. The van der Waals surface area contributed by atoms with Crippen molar-refractivity contribution < 1.29 is 4.79 Å². The number of benzene rings is 1. The molecule has 2 nitrogen and oxygen atoms in total. The van der Waals surface area contributed by atoms with Crippen LogP contribution in [0.15, 0.2) is 18.2 Å². The molecule has 0 saturated heterocycles. The number of carbonyl (C=O) groups is 1. The Morgan fingerprint density at radius 2 is 1.82 bits per heavy atom. The van der Waals surface area contributed by atoms with Crippen LogP contribution in [0.4, 0.5) is 5.69 Å². The van der Waals surface area contributed by atoms with Crippen LogP contribution in [-0.4, -0.2) is 13.0 Å². The summed E-state index contributed by atoms with van der Waals surface area (Å²) in [6, 6.07) is 6.48. The summed E-state index contributed by atoms with van der Waals surface area (Å²) in [4.78, 5) is 13.3. The maximum Gasteiger partial charge on any atom is 0.227 e. The van der Waals surface area contributed by atoms with E-state index in [0.29, 0.717) is 12.3 Å². The Kier molecular flexibility index (Phi) is 4.73. The van der Waals surface area contributed by atoms with Gasteiger partial charge in [0.1, 0.15) is 0 Å². The van der Waals surface area contributed by atoms with Crippen molar-refractivity contribution in [2.24, 2.45) is 0 Å². The molecule has 1 aliphatic rings. The molecule has 0 N–H and O–H groups in total. The molecule has 0 saturated carbocycles. The molecule has 1 amide bonds. The third-order valence-electron chi connectivity index (χ3n) is 3.12. The largest absolute Gasteiger partial charge is 0.315 e. The Balaban J connectivity index is 0.000000686. The van der Waals surface area contributed by atoms with Crippen molar-refractivity contribution in [2.45, 2.75) is 46.5 Å². The van der Waals surface area contributed by atoms with E-state index in [4.69, 9.17) is 0 Å². The van der Waals surface area contributed by atoms with Crippen LogP contribution in [0.1, 0.15) is 51.2 Å². The van der Waals surface area contributed by atoms with Crippen LogP contribution in [0.3, 0.4) is 0 Å². The number of amides is 1. The Hall–Kier alpha value is -1.31. The van der Waals surface area contributed by atoms with Gasteiger partial charge in [-0.3, -0.25) is 4.79 Å². The van der Waals surface area contributed by atoms with Crippen molar-refractivity contribution in [3.63, 3.8) is 0 Å². The molecule has 0 unspecified atom stereocenters.